The summed E-state index contributed by atoms with van der Waals surface area (Å²) in [5, 5.41) is 0. The van der Waals surface area contributed by atoms with E-state index in [0.29, 0.717) is 0 Å². The maximum Gasteiger partial charge on any atom is 0.0302 e. The van der Waals surface area contributed by atoms with E-state index in [0.717, 1.165) is 0 Å². The normalized spacial score (nSPS) is 10.2. The molecule has 1 aromatic rings. The van der Waals surface area contributed by atoms with E-state index in [1.165, 1.54) is 36.8 Å². The summed E-state index contributed by atoms with van der Waals surface area (Å²) >= 11 is 0. The molecule has 0 spiro atoms. The second-order valence-electron chi connectivity index (χ2n) is 3.14. The Bertz CT molecular complexity index is 205. The van der Waals surface area contributed by atoms with Crippen molar-refractivity contribution in [2.75, 3.05) is 0 Å². The minimum absolute atomic E-state index is 1.17. The molecule has 0 saturated carbocycles. The van der Waals surface area contributed by atoms with Crippen molar-refractivity contribution < 1.29 is 0 Å². The van der Waals surface area contributed by atoms with E-state index in [-0.39, 0.29) is 0 Å². The van der Waals surface area contributed by atoms with Crippen LogP contribution >= 0.6 is 0 Å². The van der Waals surface area contributed by atoms with Gasteiger partial charge >= 0.3 is 0 Å². The van der Waals surface area contributed by atoms with Crippen LogP contribution in [0.4, 0.5) is 0 Å². The van der Waals surface area contributed by atoms with Crippen LogP contribution in [0.3, 0.4) is 0 Å². The fourth-order valence-corrected chi connectivity index (χ4v) is 1.46. The molecule has 1 heterocycles. The van der Waals surface area contributed by atoms with Crippen molar-refractivity contribution in [2.45, 2.75) is 39.5 Å². The average molecular weight is 163 g/mol. The average Bonchev–Trinajstić information content (AvgIpc) is 2.09. The molecule has 0 aliphatic heterocycles. The Labute approximate surface area is 74.8 Å². The Morgan fingerprint density at radius 2 is 1.75 bits per heavy atom. The first-order valence-electron chi connectivity index (χ1n) is 4.80. The Morgan fingerprint density at radius 3 is 2.42 bits per heavy atom. The van der Waals surface area contributed by atoms with Crippen LogP contribution in [0, 0.1) is 0 Å². The zero-order valence-corrected chi connectivity index (χ0v) is 8.01. The number of rotatable bonds is 4. The highest BCUT2D eigenvalue weighted by molar-refractivity contribution is 5.23. The van der Waals surface area contributed by atoms with Gasteiger partial charge in [0, 0.05) is 12.4 Å². The molecule has 0 aliphatic carbocycles. The van der Waals surface area contributed by atoms with Crippen molar-refractivity contribution in [3.05, 3.63) is 29.6 Å². The number of nitrogens with zero attached hydrogens (tertiary/aromatic N) is 1. The van der Waals surface area contributed by atoms with Gasteiger partial charge in [-0.15, -0.1) is 0 Å². The molecule has 0 fully saturated rings. The molecular formula is C11H17N. The Hall–Kier alpha value is -0.850. The standard InChI is InChI=1S/C11H17N/c1-3-5-10-7-8-12-9-11(10)6-4-2/h7-9H,3-6H2,1-2H3. The predicted octanol–water partition coefficient (Wildman–Crippen LogP) is 2.99. The molecule has 1 rings (SSSR count). The first-order valence-corrected chi connectivity index (χ1v) is 4.80. The summed E-state index contributed by atoms with van der Waals surface area (Å²) in [5.41, 5.74) is 2.91. The first-order chi connectivity index (χ1) is 5.88. The monoisotopic (exact) mass is 163 g/mol. The third-order valence-electron chi connectivity index (χ3n) is 2.04. The molecule has 0 unspecified atom stereocenters. The molecule has 0 bridgehead atoms. The lowest BCUT2D eigenvalue weighted by molar-refractivity contribution is 0.853. The van der Waals surface area contributed by atoms with E-state index in [9.17, 15) is 0 Å². The van der Waals surface area contributed by atoms with Crippen molar-refractivity contribution >= 4 is 0 Å². The zero-order valence-electron chi connectivity index (χ0n) is 8.01. The quantitative estimate of drug-likeness (QED) is 0.665. The SMILES string of the molecule is CCCc1ccncc1CCC. The van der Waals surface area contributed by atoms with Gasteiger partial charge in [0.05, 0.1) is 0 Å². The number of aromatic nitrogens is 1. The van der Waals surface area contributed by atoms with E-state index in [1.807, 2.05) is 12.4 Å². The summed E-state index contributed by atoms with van der Waals surface area (Å²) in [5.74, 6) is 0. The molecule has 0 N–H and O–H groups in total. The summed E-state index contributed by atoms with van der Waals surface area (Å²) in [4.78, 5) is 4.15. The van der Waals surface area contributed by atoms with E-state index >= 15 is 0 Å². The summed E-state index contributed by atoms with van der Waals surface area (Å²) in [7, 11) is 0. The van der Waals surface area contributed by atoms with Crippen molar-refractivity contribution in [2.24, 2.45) is 0 Å². The Morgan fingerprint density at radius 1 is 1.08 bits per heavy atom. The summed E-state index contributed by atoms with van der Waals surface area (Å²) in [6.45, 7) is 4.43. The molecule has 1 aromatic heterocycles. The zero-order chi connectivity index (χ0) is 8.81. The molecule has 1 heteroatoms. The van der Waals surface area contributed by atoms with Crippen molar-refractivity contribution in [3.8, 4) is 0 Å². The summed E-state index contributed by atoms with van der Waals surface area (Å²) in [6.07, 6.45) is 8.70. The van der Waals surface area contributed by atoms with Gasteiger partial charge in [-0.25, -0.2) is 0 Å². The van der Waals surface area contributed by atoms with Crippen LogP contribution in [0.1, 0.15) is 37.8 Å². The van der Waals surface area contributed by atoms with Crippen LogP contribution in [-0.4, -0.2) is 4.98 Å². The number of aryl methyl sites for hydroxylation is 2. The van der Waals surface area contributed by atoms with Gasteiger partial charge in [0.2, 0.25) is 0 Å². The Balaban J connectivity index is 2.77. The van der Waals surface area contributed by atoms with Gasteiger partial charge in [0.1, 0.15) is 0 Å². The highest BCUT2D eigenvalue weighted by Gasteiger charge is 1.98. The van der Waals surface area contributed by atoms with Gasteiger partial charge in [0.15, 0.2) is 0 Å². The van der Waals surface area contributed by atoms with Gasteiger partial charge in [-0.3, -0.25) is 4.98 Å². The van der Waals surface area contributed by atoms with Gasteiger partial charge in [-0.1, -0.05) is 26.7 Å². The van der Waals surface area contributed by atoms with E-state index in [1.54, 1.807) is 0 Å². The maximum atomic E-state index is 4.15. The summed E-state index contributed by atoms with van der Waals surface area (Å²) < 4.78 is 0. The third kappa shape index (κ3) is 2.33. The van der Waals surface area contributed by atoms with Crippen molar-refractivity contribution in [3.63, 3.8) is 0 Å². The number of hydrogen-bond donors (Lipinski definition) is 0. The topological polar surface area (TPSA) is 12.9 Å². The maximum absolute atomic E-state index is 4.15. The minimum atomic E-state index is 1.17. The predicted molar refractivity (Wildman–Crippen MR) is 52.2 cm³/mol. The second kappa shape index (κ2) is 4.91. The van der Waals surface area contributed by atoms with E-state index in [2.05, 4.69) is 24.9 Å². The fourth-order valence-electron chi connectivity index (χ4n) is 1.46. The smallest absolute Gasteiger partial charge is 0.0302 e. The van der Waals surface area contributed by atoms with Crippen molar-refractivity contribution in [1.29, 1.82) is 0 Å². The first kappa shape index (κ1) is 9.24. The minimum Gasteiger partial charge on any atom is -0.264 e. The third-order valence-corrected chi connectivity index (χ3v) is 2.04. The molecule has 1 nitrogen and oxygen atoms in total. The molecule has 0 saturated heterocycles. The second-order valence-corrected chi connectivity index (χ2v) is 3.14. The molecule has 0 aromatic carbocycles. The van der Waals surface area contributed by atoms with Crippen LogP contribution in [0.5, 0.6) is 0 Å². The van der Waals surface area contributed by atoms with Gasteiger partial charge in [-0.2, -0.15) is 0 Å². The fraction of sp³-hybridized carbons (Fsp3) is 0.545. The van der Waals surface area contributed by atoms with Crippen LogP contribution in [0.15, 0.2) is 18.5 Å². The number of hydrogen-bond acceptors (Lipinski definition) is 1. The molecule has 0 atom stereocenters. The van der Waals surface area contributed by atoms with Crippen LogP contribution in [0.2, 0.25) is 0 Å². The van der Waals surface area contributed by atoms with Gasteiger partial charge < -0.3 is 0 Å². The lowest BCUT2D eigenvalue weighted by Crippen LogP contribution is -1.94. The van der Waals surface area contributed by atoms with Gasteiger partial charge in [0.25, 0.3) is 0 Å². The highest BCUT2D eigenvalue weighted by atomic mass is 14.6. The van der Waals surface area contributed by atoms with E-state index < -0.39 is 0 Å². The van der Waals surface area contributed by atoms with Crippen molar-refractivity contribution in [1.82, 2.24) is 4.98 Å². The molecule has 66 valence electrons. The Kier molecular flexibility index (Phi) is 3.78. The number of pyridine rings is 1. The van der Waals surface area contributed by atoms with Gasteiger partial charge in [-0.05, 0) is 30.0 Å². The van der Waals surface area contributed by atoms with E-state index in [4.69, 9.17) is 0 Å². The summed E-state index contributed by atoms with van der Waals surface area (Å²) in [6, 6.07) is 2.15. The molecule has 0 amide bonds. The highest BCUT2D eigenvalue weighted by Crippen LogP contribution is 2.11. The molecule has 12 heavy (non-hydrogen) atoms. The molecule has 0 radical (unpaired) electrons. The lowest BCUT2D eigenvalue weighted by Gasteiger charge is -2.05. The van der Waals surface area contributed by atoms with Crippen LogP contribution < -0.4 is 0 Å². The lowest BCUT2D eigenvalue weighted by atomic mass is 10.0. The molecule has 0 aliphatic rings. The van der Waals surface area contributed by atoms with Crippen LogP contribution in [-0.2, 0) is 12.8 Å². The van der Waals surface area contributed by atoms with Crippen LogP contribution in [0.25, 0.3) is 0 Å². The molecular weight excluding hydrogens is 146 g/mol. The largest absolute Gasteiger partial charge is 0.264 e.